The lowest BCUT2D eigenvalue weighted by atomic mass is 9.75. The SMILES string of the molecule is CCCCCC1CCC(C2CCC(C3=CC=C(c4ccc(CCC)c(F)c4F)CN3)CO2)CC1. The first-order valence-corrected chi connectivity index (χ1v) is 13.8. The van der Waals surface area contributed by atoms with Crippen molar-refractivity contribution in [3.8, 4) is 0 Å². The fourth-order valence-electron chi connectivity index (χ4n) is 6.19. The van der Waals surface area contributed by atoms with Gasteiger partial charge in [-0.1, -0.05) is 77.0 Å². The van der Waals surface area contributed by atoms with Crippen molar-refractivity contribution in [1.29, 1.82) is 0 Å². The maximum absolute atomic E-state index is 14.7. The zero-order chi connectivity index (χ0) is 23.9. The fourth-order valence-corrected chi connectivity index (χ4v) is 6.19. The molecule has 2 fully saturated rings. The predicted octanol–water partition coefficient (Wildman–Crippen LogP) is 7.97. The fraction of sp³-hybridized carbons (Fsp3) is 0.667. The molecular weight excluding hydrogens is 428 g/mol. The molecule has 1 aliphatic carbocycles. The van der Waals surface area contributed by atoms with Crippen molar-refractivity contribution < 1.29 is 13.5 Å². The monoisotopic (exact) mass is 471 g/mol. The van der Waals surface area contributed by atoms with Crippen molar-refractivity contribution in [3.05, 3.63) is 52.7 Å². The van der Waals surface area contributed by atoms with E-state index >= 15 is 0 Å². The van der Waals surface area contributed by atoms with Crippen LogP contribution in [0.4, 0.5) is 8.78 Å². The van der Waals surface area contributed by atoms with Crippen LogP contribution in [0.5, 0.6) is 0 Å². The Morgan fingerprint density at radius 1 is 0.912 bits per heavy atom. The van der Waals surface area contributed by atoms with Gasteiger partial charge in [0.05, 0.1) is 12.7 Å². The van der Waals surface area contributed by atoms with Gasteiger partial charge < -0.3 is 10.1 Å². The Morgan fingerprint density at radius 3 is 2.38 bits per heavy atom. The molecule has 2 nitrogen and oxygen atoms in total. The minimum Gasteiger partial charge on any atom is -0.384 e. The van der Waals surface area contributed by atoms with E-state index in [1.807, 2.05) is 19.1 Å². The lowest BCUT2D eigenvalue weighted by Gasteiger charge is -2.38. The van der Waals surface area contributed by atoms with Crippen LogP contribution in [0.15, 0.2) is 30.0 Å². The summed E-state index contributed by atoms with van der Waals surface area (Å²) < 4.78 is 35.4. The van der Waals surface area contributed by atoms with Gasteiger partial charge in [-0.05, 0) is 61.2 Å². The average molecular weight is 472 g/mol. The molecule has 0 amide bonds. The van der Waals surface area contributed by atoms with Crippen LogP contribution in [0.3, 0.4) is 0 Å². The number of ether oxygens (including phenoxy) is 1. The van der Waals surface area contributed by atoms with Crippen LogP contribution in [0.1, 0.15) is 95.6 Å². The molecular formula is C30H43F2NO. The molecule has 0 spiro atoms. The molecule has 0 aromatic heterocycles. The van der Waals surface area contributed by atoms with Crippen LogP contribution in [0, 0.1) is 29.4 Å². The van der Waals surface area contributed by atoms with E-state index in [-0.39, 0.29) is 0 Å². The van der Waals surface area contributed by atoms with Gasteiger partial charge in [0.1, 0.15) is 0 Å². The third-order valence-corrected chi connectivity index (χ3v) is 8.36. The Labute approximate surface area is 205 Å². The van der Waals surface area contributed by atoms with E-state index in [1.54, 1.807) is 12.1 Å². The van der Waals surface area contributed by atoms with Gasteiger partial charge in [-0.3, -0.25) is 0 Å². The Kier molecular flexibility index (Phi) is 9.22. The average Bonchev–Trinajstić information content (AvgIpc) is 2.88. The summed E-state index contributed by atoms with van der Waals surface area (Å²) in [5.74, 6) is 0.624. The van der Waals surface area contributed by atoms with Crippen LogP contribution in [-0.4, -0.2) is 19.3 Å². The molecule has 2 unspecified atom stereocenters. The summed E-state index contributed by atoms with van der Waals surface area (Å²) in [5, 5.41) is 3.47. The number of hydrogen-bond donors (Lipinski definition) is 1. The highest BCUT2D eigenvalue weighted by atomic mass is 19.2. The summed E-state index contributed by atoms with van der Waals surface area (Å²) in [7, 11) is 0. The molecule has 2 aliphatic heterocycles. The van der Waals surface area contributed by atoms with E-state index in [4.69, 9.17) is 4.74 Å². The maximum atomic E-state index is 14.7. The highest BCUT2D eigenvalue weighted by Crippen LogP contribution is 2.38. The molecule has 2 atom stereocenters. The molecule has 1 aromatic carbocycles. The highest BCUT2D eigenvalue weighted by molar-refractivity contribution is 5.70. The summed E-state index contributed by atoms with van der Waals surface area (Å²) in [6.07, 6.45) is 19.0. The van der Waals surface area contributed by atoms with Crippen molar-refractivity contribution in [1.82, 2.24) is 5.32 Å². The molecule has 3 aliphatic rings. The van der Waals surface area contributed by atoms with Crippen molar-refractivity contribution in [2.45, 2.75) is 97.0 Å². The largest absolute Gasteiger partial charge is 0.384 e. The quantitative estimate of drug-likeness (QED) is 0.369. The summed E-state index contributed by atoms with van der Waals surface area (Å²) >= 11 is 0. The van der Waals surface area contributed by atoms with Crippen molar-refractivity contribution in [3.63, 3.8) is 0 Å². The third kappa shape index (κ3) is 6.11. The van der Waals surface area contributed by atoms with Crippen molar-refractivity contribution >= 4 is 5.57 Å². The number of nitrogens with one attached hydrogen (secondary N) is 1. The number of halogens is 2. The number of aryl methyl sites for hydroxylation is 1. The van der Waals surface area contributed by atoms with E-state index in [9.17, 15) is 8.78 Å². The molecule has 4 rings (SSSR count). The second-order valence-corrected chi connectivity index (χ2v) is 10.7. The van der Waals surface area contributed by atoms with Gasteiger partial charge in [0.2, 0.25) is 0 Å². The molecule has 1 N–H and O–H groups in total. The Balaban J connectivity index is 1.28. The van der Waals surface area contributed by atoms with Gasteiger partial charge in [-0.15, -0.1) is 0 Å². The van der Waals surface area contributed by atoms with Gasteiger partial charge in [0, 0.05) is 23.7 Å². The van der Waals surface area contributed by atoms with E-state index in [0.29, 0.717) is 36.1 Å². The standard InChI is InChI=1S/C30H43F2NO/c1-3-5-6-8-21-9-11-22(12-10-21)28-18-15-25(20-34-28)27-17-14-24(19-33-27)26-16-13-23(7-4-2)29(31)30(26)32/h13-14,16-17,21-22,25,28,33H,3-12,15,18-20H2,1-2H3. The van der Waals surface area contributed by atoms with E-state index in [1.165, 1.54) is 57.1 Å². The number of benzene rings is 1. The molecule has 1 saturated carbocycles. The van der Waals surface area contributed by atoms with Crippen LogP contribution in [-0.2, 0) is 11.2 Å². The summed E-state index contributed by atoms with van der Waals surface area (Å²) in [6, 6.07) is 3.45. The second kappa shape index (κ2) is 12.3. The van der Waals surface area contributed by atoms with Gasteiger partial charge in [-0.2, -0.15) is 0 Å². The van der Waals surface area contributed by atoms with Gasteiger partial charge >= 0.3 is 0 Å². The number of dihydropyridines is 1. The first kappa shape index (κ1) is 25.4. The minimum atomic E-state index is -0.722. The lowest BCUT2D eigenvalue weighted by molar-refractivity contribution is -0.0522. The van der Waals surface area contributed by atoms with Gasteiger partial charge in [-0.25, -0.2) is 8.78 Å². The molecule has 1 saturated heterocycles. The maximum Gasteiger partial charge on any atom is 0.166 e. The first-order valence-electron chi connectivity index (χ1n) is 13.8. The first-order chi connectivity index (χ1) is 16.6. The molecule has 0 radical (unpaired) electrons. The number of unbranched alkanes of at least 4 members (excludes halogenated alkanes) is 2. The summed E-state index contributed by atoms with van der Waals surface area (Å²) in [5.41, 5.74) is 2.80. The Morgan fingerprint density at radius 2 is 1.74 bits per heavy atom. The minimum absolute atomic E-state index is 0.366. The van der Waals surface area contributed by atoms with E-state index in [2.05, 4.69) is 12.2 Å². The smallest absolute Gasteiger partial charge is 0.166 e. The number of rotatable bonds is 9. The van der Waals surface area contributed by atoms with Gasteiger partial charge in [0.25, 0.3) is 0 Å². The van der Waals surface area contributed by atoms with Crippen LogP contribution in [0.25, 0.3) is 5.57 Å². The van der Waals surface area contributed by atoms with Gasteiger partial charge in [0.15, 0.2) is 11.6 Å². The van der Waals surface area contributed by atoms with E-state index in [0.717, 1.165) is 43.3 Å². The topological polar surface area (TPSA) is 21.3 Å². The number of allylic oxidation sites excluding steroid dienone is 2. The summed E-state index contributed by atoms with van der Waals surface area (Å²) in [4.78, 5) is 0. The molecule has 188 valence electrons. The van der Waals surface area contributed by atoms with Crippen LogP contribution >= 0.6 is 0 Å². The Bertz CT molecular complexity index is 861. The van der Waals surface area contributed by atoms with Crippen molar-refractivity contribution in [2.24, 2.45) is 17.8 Å². The molecule has 1 aromatic rings. The molecule has 4 heteroatoms. The lowest BCUT2D eigenvalue weighted by Crippen LogP contribution is -2.37. The molecule has 2 heterocycles. The second-order valence-electron chi connectivity index (χ2n) is 10.7. The predicted molar refractivity (Wildman–Crippen MR) is 136 cm³/mol. The number of hydrogen-bond acceptors (Lipinski definition) is 2. The van der Waals surface area contributed by atoms with E-state index < -0.39 is 11.6 Å². The van der Waals surface area contributed by atoms with Crippen LogP contribution < -0.4 is 5.32 Å². The molecule has 0 bridgehead atoms. The third-order valence-electron chi connectivity index (χ3n) is 8.36. The zero-order valence-electron chi connectivity index (χ0n) is 21.2. The highest BCUT2D eigenvalue weighted by Gasteiger charge is 2.33. The normalized spacial score (nSPS) is 27.6. The van der Waals surface area contributed by atoms with Crippen molar-refractivity contribution in [2.75, 3.05) is 13.2 Å². The Hall–Kier alpha value is -1.68. The summed E-state index contributed by atoms with van der Waals surface area (Å²) in [6.45, 7) is 5.54. The molecule has 34 heavy (non-hydrogen) atoms. The zero-order valence-corrected chi connectivity index (χ0v) is 21.2. The van der Waals surface area contributed by atoms with Crippen LogP contribution in [0.2, 0.25) is 0 Å².